The second kappa shape index (κ2) is 6.55. The predicted octanol–water partition coefficient (Wildman–Crippen LogP) is 1.14. The Kier molecular flexibility index (Phi) is 4.97. The third kappa shape index (κ3) is 3.09. The summed E-state index contributed by atoms with van der Waals surface area (Å²) < 4.78 is 2.61. The maximum Gasteiger partial charge on any atom is 0.272 e. The lowest BCUT2D eigenvalue weighted by Crippen LogP contribution is -2.36. The number of hydrogen-bond donors (Lipinski definition) is 2. The van der Waals surface area contributed by atoms with Gasteiger partial charge in [0.1, 0.15) is 11.3 Å². The first kappa shape index (κ1) is 15.9. The lowest BCUT2D eigenvalue weighted by atomic mass is 10.2. The van der Waals surface area contributed by atoms with Crippen LogP contribution >= 0.6 is 15.9 Å². The molecule has 114 valence electrons. The molecule has 2 heterocycles. The average molecular weight is 356 g/mol. The van der Waals surface area contributed by atoms with Crippen molar-refractivity contribution in [3.63, 3.8) is 0 Å². The van der Waals surface area contributed by atoms with Crippen LogP contribution < -0.4 is 0 Å². The third-order valence-corrected chi connectivity index (χ3v) is 3.71. The molecule has 1 amide bonds. The largest absolute Gasteiger partial charge is 0.395 e. The molecule has 2 rings (SSSR count). The number of aryl methyl sites for hydroxylation is 2. The minimum atomic E-state index is -0.249. The van der Waals surface area contributed by atoms with Gasteiger partial charge in [0, 0.05) is 23.8 Å². The Morgan fingerprint density at radius 2 is 1.95 bits per heavy atom. The molecule has 0 spiro atoms. The van der Waals surface area contributed by atoms with Crippen LogP contribution in [0.1, 0.15) is 21.7 Å². The number of amides is 1. The fourth-order valence-corrected chi connectivity index (χ4v) is 2.89. The second-order valence-corrected chi connectivity index (χ2v) is 5.74. The quantitative estimate of drug-likeness (QED) is 0.842. The lowest BCUT2D eigenvalue weighted by Gasteiger charge is -2.20. The van der Waals surface area contributed by atoms with E-state index in [2.05, 4.69) is 20.9 Å². The highest BCUT2D eigenvalue weighted by Crippen LogP contribution is 2.21. The number of carbonyl (C=O) groups excluding carboxylic acids is 1. The van der Waals surface area contributed by atoms with Crippen LogP contribution in [0.25, 0.3) is 5.65 Å². The Morgan fingerprint density at radius 3 is 2.52 bits per heavy atom. The molecule has 0 unspecified atom stereocenters. The zero-order chi connectivity index (χ0) is 15.6. The van der Waals surface area contributed by atoms with E-state index in [0.29, 0.717) is 11.4 Å². The highest BCUT2D eigenvalue weighted by Gasteiger charge is 2.22. The van der Waals surface area contributed by atoms with Gasteiger partial charge in [-0.1, -0.05) is 0 Å². The minimum absolute atomic E-state index is 0.149. The SMILES string of the molecule is Cc1nc2c(C)cc(Br)cn2c1C(=O)N(CCO)CCO. The van der Waals surface area contributed by atoms with E-state index >= 15 is 0 Å². The average Bonchev–Trinajstić information content (AvgIpc) is 2.74. The number of carbonyl (C=O) groups is 1. The van der Waals surface area contributed by atoms with Crippen molar-refractivity contribution in [1.29, 1.82) is 0 Å². The van der Waals surface area contributed by atoms with E-state index in [1.54, 1.807) is 17.5 Å². The number of aliphatic hydroxyl groups excluding tert-OH is 2. The number of imidazole rings is 1. The molecule has 7 heteroatoms. The summed E-state index contributed by atoms with van der Waals surface area (Å²) in [6.45, 7) is 3.77. The van der Waals surface area contributed by atoms with Gasteiger partial charge < -0.3 is 15.1 Å². The van der Waals surface area contributed by atoms with Gasteiger partial charge in [0.05, 0.1) is 18.9 Å². The summed E-state index contributed by atoms with van der Waals surface area (Å²) in [4.78, 5) is 18.5. The van der Waals surface area contributed by atoms with Gasteiger partial charge in [0.2, 0.25) is 0 Å². The van der Waals surface area contributed by atoms with Crippen molar-refractivity contribution in [2.75, 3.05) is 26.3 Å². The van der Waals surface area contributed by atoms with Crippen LogP contribution in [0.2, 0.25) is 0 Å². The molecule has 0 bridgehead atoms. The van der Waals surface area contributed by atoms with Crippen molar-refractivity contribution in [2.45, 2.75) is 13.8 Å². The summed E-state index contributed by atoms with van der Waals surface area (Å²) in [6, 6.07) is 1.94. The van der Waals surface area contributed by atoms with Gasteiger partial charge in [-0.15, -0.1) is 0 Å². The van der Waals surface area contributed by atoms with E-state index in [1.807, 2.05) is 13.0 Å². The van der Waals surface area contributed by atoms with E-state index in [1.165, 1.54) is 4.90 Å². The van der Waals surface area contributed by atoms with Gasteiger partial charge in [-0.25, -0.2) is 4.98 Å². The van der Waals surface area contributed by atoms with Gasteiger partial charge >= 0.3 is 0 Å². The zero-order valence-electron chi connectivity index (χ0n) is 12.0. The summed E-state index contributed by atoms with van der Waals surface area (Å²) >= 11 is 3.42. The highest BCUT2D eigenvalue weighted by molar-refractivity contribution is 9.10. The molecule has 2 N–H and O–H groups in total. The second-order valence-electron chi connectivity index (χ2n) is 4.82. The van der Waals surface area contributed by atoms with E-state index < -0.39 is 0 Å². The molecule has 0 aliphatic rings. The first-order chi connectivity index (χ1) is 9.99. The molecular weight excluding hydrogens is 338 g/mol. The van der Waals surface area contributed by atoms with Gasteiger partial charge in [-0.2, -0.15) is 0 Å². The molecule has 0 aliphatic heterocycles. The smallest absolute Gasteiger partial charge is 0.272 e. The number of hydrogen-bond acceptors (Lipinski definition) is 4. The molecule has 6 nitrogen and oxygen atoms in total. The molecule has 0 aromatic carbocycles. The van der Waals surface area contributed by atoms with Crippen molar-refractivity contribution in [2.24, 2.45) is 0 Å². The van der Waals surface area contributed by atoms with E-state index in [0.717, 1.165) is 15.7 Å². The number of rotatable bonds is 5. The number of halogens is 1. The summed E-state index contributed by atoms with van der Waals surface area (Å²) in [5.41, 5.74) is 2.77. The molecule has 0 fully saturated rings. The van der Waals surface area contributed by atoms with Crippen LogP contribution in [0.4, 0.5) is 0 Å². The van der Waals surface area contributed by atoms with Crippen molar-refractivity contribution >= 4 is 27.5 Å². The minimum Gasteiger partial charge on any atom is -0.395 e. The van der Waals surface area contributed by atoms with Gasteiger partial charge in [-0.05, 0) is 41.4 Å². The maximum absolute atomic E-state index is 12.7. The van der Waals surface area contributed by atoms with Gasteiger partial charge in [0.25, 0.3) is 5.91 Å². The zero-order valence-corrected chi connectivity index (χ0v) is 13.6. The molecule has 0 atom stereocenters. The molecular formula is C14H18BrN3O3. The van der Waals surface area contributed by atoms with Crippen molar-refractivity contribution in [1.82, 2.24) is 14.3 Å². The molecule has 0 saturated carbocycles. The fraction of sp³-hybridized carbons (Fsp3) is 0.429. The number of fused-ring (bicyclic) bond motifs is 1. The number of pyridine rings is 1. The molecule has 2 aromatic heterocycles. The van der Waals surface area contributed by atoms with Crippen molar-refractivity contribution in [3.8, 4) is 0 Å². The van der Waals surface area contributed by atoms with Crippen molar-refractivity contribution < 1.29 is 15.0 Å². The Morgan fingerprint density at radius 1 is 1.33 bits per heavy atom. The summed E-state index contributed by atoms with van der Waals surface area (Å²) in [5.74, 6) is -0.249. The summed E-state index contributed by atoms with van der Waals surface area (Å²) in [6.07, 6.45) is 1.80. The van der Waals surface area contributed by atoms with Crippen LogP contribution in [-0.2, 0) is 0 Å². The van der Waals surface area contributed by atoms with Crippen molar-refractivity contribution in [3.05, 3.63) is 33.7 Å². The van der Waals surface area contributed by atoms with Crippen LogP contribution in [0.5, 0.6) is 0 Å². The van der Waals surface area contributed by atoms with Crippen LogP contribution in [-0.4, -0.2) is 56.7 Å². The number of nitrogens with zero attached hydrogens (tertiary/aromatic N) is 3. The fourth-order valence-electron chi connectivity index (χ4n) is 2.35. The Bertz CT molecular complexity index is 663. The van der Waals surface area contributed by atoms with Gasteiger partial charge in [-0.3, -0.25) is 9.20 Å². The number of aliphatic hydroxyl groups is 2. The Hall–Kier alpha value is -1.44. The monoisotopic (exact) mass is 355 g/mol. The standard InChI is InChI=1S/C14H18BrN3O3/c1-9-7-11(15)8-18-12(10(2)16-13(9)18)14(21)17(3-5-19)4-6-20/h7-8,19-20H,3-6H2,1-2H3. The van der Waals surface area contributed by atoms with E-state index in [-0.39, 0.29) is 32.2 Å². The summed E-state index contributed by atoms with van der Waals surface area (Å²) in [5, 5.41) is 18.2. The topological polar surface area (TPSA) is 78.1 Å². The first-order valence-electron chi connectivity index (χ1n) is 6.65. The third-order valence-electron chi connectivity index (χ3n) is 3.27. The van der Waals surface area contributed by atoms with E-state index in [4.69, 9.17) is 10.2 Å². The van der Waals surface area contributed by atoms with Crippen LogP contribution in [0, 0.1) is 13.8 Å². The molecule has 21 heavy (non-hydrogen) atoms. The highest BCUT2D eigenvalue weighted by atomic mass is 79.9. The Labute approximate surface area is 131 Å². The molecule has 0 saturated heterocycles. The number of aromatic nitrogens is 2. The Balaban J connectivity index is 2.54. The van der Waals surface area contributed by atoms with Crippen LogP contribution in [0.15, 0.2) is 16.7 Å². The molecule has 0 radical (unpaired) electrons. The maximum atomic E-state index is 12.7. The molecule has 2 aromatic rings. The van der Waals surface area contributed by atoms with E-state index in [9.17, 15) is 4.79 Å². The summed E-state index contributed by atoms with van der Waals surface area (Å²) in [7, 11) is 0. The predicted molar refractivity (Wildman–Crippen MR) is 82.4 cm³/mol. The van der Waals surface area contributed by atoms with Crippen LogP contribution in [0.3, 0.4) is 0 Å². The van der Waals surface area contributed by atoms with Gasteiger partial charge in [0.15, 0.2) is 0 Å². The first-order valence-corrected chi connectivity index (χ1v) is 7.44. The lowest BCUT2D eigenvalue weighted by molar-refractivity contribution is 0.0677. The molecule has 0 aliphatic carbocycles. The normalized spacial score (nSPS) is 11.1.